The summed E-state index contributed by atoms with van der Waals surface area (Å²) >= 11 is 0. The largest absolute Gasteiger partial charge is 0.461 e. The fourth-order valence-electron chi connectivity index (χ4n) is 5.42. The highest BCUT2D eigenvalue weighted by atomic mass is 16.6. The van der Waals surface area contributed by atoms with Crippen molar-refractivity contribution in [2.24, 2.45) is 22.7 Å². The Labute approximate surface area is 166 Å². The molecule has 6 nitrogen and oxygen atoms in total. The van der Waals surface area contributed by atoms with Crippen molar-refractivity contribution in [3.8, 4) is 0 Å². The van der Waals surface area contributed by atoms with Crippen LogP contribution in [0.1, 0.15) is 53.9 Å². The Balaban J connectivity index is 2.07. The van der Waals surface area contributed by atoms with Gasteiger partial charge in [0.1, 0.15) is 24.2 Å². The summed E-state index contributed by atoms with van der Waals surface area (Å²) in [5.41, 5.74) is -0.244. The van der Waals surface area contributed by atoms with Crippen LogP contribution < -0.4 is 0 Å². The number of carbonyl (C=O) groups is 3. The zero-order chi connectivity index (χ0) is 20.9. The van der Waals surface area contributed by atoms with Gasteiger partial charge in [0.2, 0.25) is 0 Å². The first-order valence-corrected chi connectivity index (χ1v) is 9.94. The molecule has 1 saturated heterocycles. The predicted molar refractivity (Wildman–Crippen MR) is 102 cm³/mol. The molecule has 0 aromatic rings. The van der Waals surface area contributed by atoms with Gasteiger partial charge in [-0.25, -0.2) is 4.79 Å². The number of fused-ring (bicyclic) bond motifs is 1. The van der Waals surface area contributed by atoms with Crippen LogP contribution in [0.15, 0.2) is 23.8 Å². The summed E-state index contributed by atoms with van der Waals surface area (Å²) in [6.45, 7) is 13.3. The molecule has 1 spiro atoms. The van der Waals surface area contributed by atoms with Gasteiger partial charge in [0.05, 0.1) is 0 Å². The third kappa shape index (κ3) is 2.88. The Hall–Kier alpha value is -2.11. The number of cyclic esters (lactones) is 1. The molecule has 1 aliphatic heterocycles. The quantitative estimate of drug-likeness (QED) is 0.318. The molecule has 1 heterocycles. The van der Waals surface area contributed by atoms with E-state index in [-0.39, 0.29) is 35.8 Å². The molecule has 28 heavy (non-hydrogen) atoms. The second kappa shape index (κ2) is 7.05. The summed E-state index contributed by atoms with van der Waals surface area (Å²) in [4.78, 5) is 37.3. The second-order valence-electron chi connectivity index (χ2n) is 8.78. The molecule has 2 saturated carbocycles. The van der Waals surface area contributed by atoms with Crippen LogP contribution in [-0.4, -0.2) is 36.7 Å². The Morgan fingerprint density at radius 2 is 1.93 bits per heavy atom. The molecule has 6 atom stereocenters. The van der Waals surface area contributed by atoms with E-state index < -0.39 is 23.6 Å². The Morgan fingerprint density at radius 1 is 1.25 bits per heavy atom. The predicted octanol–water partition coefficient (Wildman–Crippen LogP) is 3.35. The third-order valence-electron chi connectivity index (χ3n) is 7.32. The average molecular weight is 390 g/mol. The summed E-state index contributed by atoms with van der Waals surface area (Å²) < 4.78 is 17.0. The van der Waals surface area contributed by atoms with Crippen molar-refractivity contribution in [2.75, 3.05) is 6.61 Å². The van der Waals surface area contributed by atoms with Gasteiger partial charge in [-0.05, 0) is 50.0 Å². The Morgan fingerprint density at radius 3 is 2.46 bits per heavy atom. The summed E-state index contributed by atoms with van der Waals surface area (Å²) in [7, 11) is 0. The summed E-state index contributed by atoms with van der Waals surface area (Å²) in [5.74, 6) is -1.25. The van der Waals surface area contributed by atoms with Gasteiger partial charge in [0, 0.05) is 18.4 Å². The van der Waals surface area contributed by atoms with Crippen molar-refractivity contribution in [1.29, 1.82) is 0 Å². The fourth-order valence-corrected chi connectivity index (χ4v) is 5.42. The second-order valence-corrected chi connectivity index (χ2v) is 8.78. The van der Waals surface area contributed by atoms with Crippen LogP contribution in [0.2, 0.25) is 0 Å². The van der Waals surface area contributed by atoms with Crippen LogP contribution in [0.3, 0.4) is 0 Å². The average Bonchev–Trinajstić information content (AvgIpc) is 3.07. The minimum Gasteiger partial charge on any atom is -0.461 e. The van der Waals surface area contributed by atoms with E-state index in [2.05, 4.69) is 20.4 Å². The highest BCUT2D eigenvalue weighted by molar-refractivity contribution is 5.88. The van der Waals surface area contributed by atoms with Crippen LogP contribution >= 0.6 is 0 Å². The Bertz CT molecular complexity index is 734. The molecule has 0 bridgehead atoms. The molecule has 3 aliphatic rings. The standard InChI is InChI=1S/C22H30O6/c1-7-12(2)19(24)28-16-9-8-13(3)21(6)11-22(14(4)10-26-20(22)25)18(17(16)21)27-15(5)23/h7,13,16-18H,4,8-11H2,1-3,5-6H3/b12-7+/t13-,16+,17+,18+,21+,22+/m0/s1. The van der Waals surface area contributed by atoms with Gasteiger partial charge in [-0.3, -0.25) is 9.59 Å². The van der Waals surface area contributed by atoms with E-state index in [0.717, 1.165) is 6.42 Å². The maximum Gasteiger partial charge on any atom is 0.333 e. The molecular weight excluding hydrogens is 360 g/mol. The van der Waals surface area contributed by atoms with Crippen LogP contribution in [0.5, 0.6) is 0 Å². The Kier molecular flexibility index (Phi) is 5.19. The number of hydrogen-bond acceptors (Lipinski definition) is 6. The first kappa shape index (κ1) is 20.6. The van der Waals surface area contributed by atoms with Gasteiger partial charge >= 0.3 is 17.9 Å². The maximum atomic E-state index is 12.9. The molecule has 0 radical (unpaired) electrons. The molecule has 0 N–H and O–H groups in total. The molecule has 0 aromatic heterocycles. The fraction of sp³-hybridized carbons (Fsp3) is 0.682. The molecule has 2 aliphatic carbocycles. The van der Waals surface area contributed by atoms with Gasteiger partial charge in [-0.2, -0.15) is 0 Å². The first-order chi connectivity index (χ1) is 13.1. The number of rotatable bonds is 3. The monoisotopic (exact) mass is 390 g/mol. The van der Waals surface area contributed by atoms with Gasteiger partial charge < -0.3 is 14.2 Å². The molecule has 154 valence electrons. The highest BCUT2D eigenvalue weighted by Gasteiger charge is 2.71. The molecule has 0 aromatic carbocycles. The molecule has 3 fully saturated rings. The summed E-state index contributed by atoms with van der Waals surface area (Å²) in [6.07, 6.45) is 2.54. The van der Waals surface area contributed by atoms with Crippen LogP contribution in [-0.2, 0) is 28.6 Å². The van der Waals surface area contributed by atoms with Crippen molar-refractivity contribution < 1.29 is 28.6 Å². The van der Waals surface area contributed by atoms with E-state index in [1.807, 2.05) is 0 Å². The van der Waals surface area contributed by atoms with Gasteiger partial charge in [0.15, 0.2) is 0 Å². The molecular formula is C22H30O6. The maximum absolute atomic E-state index is 12.9. The summed E-state index contributed by atoms with van der Waals surface area (Å²) in [5, 5.41) is 0. The normalized spacial score (nSPS) is 40.2. The molecule has 6 heteroatoms. The van der Waals surface area contributed by atoms with E-state index in [1.165, 1.54) is 6.92 Å². The minimum atomic E-state index is -1.07. The van der Waals surface area contributed by atoms with Crippen molar-refractivity contribution >= 4 is 17.9 Å². The summed E-state index contributed by atoms with van der Waals surface area (Å²) in [6, 6.07) is 0. The SMILES string of the molecule is C=C1COC(=O)[C@]12C[C@@]1(C)[C@@H]([C@H]2OC(C)=O)[C@H](OC(=O)/C(C)=C/C)CC[C@@H]1C. The van der Waals surface area contributed by atoms with Crippen LogP contribution in [0.25, 0.3) is 0 Å². The molecule has 0 amide bonds. The van der Waals surface area contributed by atoms with Crippen molar-refractivity contribution in [3.05, 3.63) is 23.8 Å². The smallest absolute Gasteiger partial charge is 0.333 e. The molecule has 0 unspecified atom stereocenters. The van der Waals surface area contributed by atoms with E-state index in [4.69, 9.17) is 14.2 Å². The lowest BCUT2D eigenvalue weighted by Crippen LogP contribution is -2.50. The van der Waals surface area contributed by atoms with Gasteiger partial charge in [-0.1, -0.05) is 26.5 Å². The van der Waals surface area contributed by atoms with Crippen LogP contribution in [0, 0.1) is 22.7 Å². The number of allylic oxidation sites excluding steroid dienone is 1. The van der Waals surface area contributed by atoms with Gasteiger partial charge in [-0.15, -0.1) is 0 Å². The first-order valence-electron chi connectivity index (χ1n) is 9.94. The topological polar surface area (TPSA) is 78.9 Å². The third-order valence-corrected chi connectivity index (χ3v) is 7.32. The number of carbonyl (C=O) groups excluding carboxylic acids is 3. The van der Waals surface area contributed by atoms with Gasteiger partial charge in [0.25, 0.3) is 0 Å². The minimum absolute atomic E-state index is 0.135. The van der Waals surface area contributed by atoms with Crippen molar-refractivity contribution in [3.63, 3.8) is 0 Å². The zero-order valence-corrected chi connectivity index (χ0v) is 17.4. The molecule has 3 rings (SSSR count). The van der Waals surface area contributed by atoms with Crippen LogP contribution in [0.4, 0.5) is 0 Å². The van der Waals surface area contributed by atoms with E-state index in [0.29, 0.717) is 24.0 Å². The van der Waals surface area contributed by atoms with Crippen molar-refractivity contribution in [2.45, 2.75) is 66.1 Å². The lowest BCUT2D eigenvalue weighted by atomic mass is 9.61. The number of esters is 3. The lowest BCUT2D eigenvalue weighted by Gasteiger charge is -2.46. The zero-order valence-electron chi connectivity index (χ0n) is 17.4. The van der Waals surface area contributed by atoms with Crippen molar-refractivity contribution in [1.82, 2.24) is 0 Å². The van der Waals surface area contributed by atoms with E-state index in [1.54, 1.807) is 19.9 Å². The number of hydrogen-bond donors (Lipinski definition) is 0. The van der Waals surface area contributed by atoms with E-state index >= 15 is 0 Å². The van der Waals surface area contributed by atoms with E-state index in [9.17, 15) is 14.4 Å². The number of ether oxygens (including phenoxy) is 3. The highest BCUT2D eigenvalue weighted by Crippen LogP contribution is 2.66. The lowest BCUT2D eigenvalue weighted by molar-refractivity contribution is -0.173.